The number of aromatic nitrogens is 2. The second kappa shape index (κ2) is 6.39. The fourth-order valence-electron chi connectivity index (χ4n) is 6.34. The molecule has 7 aromatic rings. The molecule has 0 atom stereocenters. The van der Waals surface area contributed by atoms with E-state index in [0.29, 0.717) is 0 Å². The van der Waals surface area contributed by atoms with Gasteiger partial charge in [-0.2, -0.15) is 0 Å². The monoisotopic (exact) mass is 450 g/mol. The van der Waals surface area contributed by atoms with Crippen molar-refractivity contribution in [3.8, 4) is 16.8 Å². The van der Waals surface area contributed by atoms with Crippen molar-refractivity contribution in [2.24, 2.45) is 0 Å². The molecule has 1 aliphatic rings. The van der Waals surface area contributed by atoms with Crippen LogP contribution in [0.25, 0.3) is 60.5 Å². The molecule has 3 heteroatoms. The van der Waals surface area contributed by atoms with Crippen molar-refractivity contribution in [1.82, 2.24) is 9.55 Å². The fourth-order valence-corrected chi connectivity index (χ4v) is 6.34. The summed E-state index contributed by atoms with van der Waals surface area (Å²) in [5.74, 6) is 0. The van der Waals surface area contributed by atoms with E-state index in [2.05, 4.69) is 108 Å². The number of nitrogens with zero attached hydrogens (tertiary/aromatic N) is 2. The van der Waals surface area contributed by atoms with E-state index in [4.69, 9.17) is 4.42 Å². The van der Waals surface area contributed by atoms with Gasteiger partial charge >= 0.3 is 0 Å². The van der Waals surface area contributed by atoms with Crippen LogP contribution in [0.5, 0.6) is 0 Å². The molecule has 3 nitrogen and oxygen atoms in total. The van der Waals surface area contributed by atoms with E-state index >= 15 is 0 Å². The van der Waals surface area contributed by atoms with Gasteiger partial charge in [-0.15, -0.1) is 0 Å². The van der Waals surface area contributed by atoms with Crippen LogP contribution in [0.4, 0.5) is 0 Å². The van der Waals surface area contributed by atoms with Gasteiger partial charge in [0, 0.05) is 21.8 Å². The predicted molar refractivity (Wildman–Crippen MR) is 143 cm³/mol. The summed E-state index contributed by atoms with van der Waals surface area (Å²) in [6.07, 6.45) is 1.54. The third kappa shape index (κ3) is 2.28. The highest BCUT2D eigenvalue weighted by Gasteiger charge is 2.38. The molecule has 0 N–H and O–H groups in total. The van der Waals surface area contributed by atoms with Crippen molar-refractivity contribution in [3.05, 3.63) is 109 Å². The first-order valence-corrected chi connectivity index (χ1v) is 12.1. The zero-order valence-corrected chi connectivity index (χ0v) is 19.5. The Morgan fingerprint density at radius 2 is 1.46 bits per heavy atom. The van der Waals surface area contributed by atoms with E-state index in [0.717, 1.165) is 16.8 Å². The molecule has 5 aromatic carbocycles. The molecular weight excluding hydrogens is 428 g/mol. The molecular formula is C32H22N2O. The molecule has 1 aliphatic carbocycles. The van der Waals surface area contributed by atoms with Crippen molar-refractivity contribution >= 4 is 43.7 Å². The maximum absolute atomic E-state index is 5.94. The highest BCUT2D eigenvalue weighted by atomic mass is 16.3. The minimum Gasteiger partial charge on any atom is -0.441 e. The summed E-state index contributed by atoms with van der Waals surface area (Å²) in [6.45, 7) is 4.70. The van der Waals surface area contributed by atoms with Gasteiger partial charge in [0.05, 0.1) is 16.7 Å². The lowest BCUT2D eigenvalue weighted by Crippen LogP contribution is -2.14. The lowest BCUT2D eigenvalue weighted by Gasteiger charge is -2.21. The largest absolute Gasteiger partial charge is 0.441 e. The first kappa shape index (κ1) is 19.0. The Morgan fingerprint density at radius 1 is 0.686 bits per heavy atom. The number of para-hydroxylation sites is 2. The summed E-state index contributed by atoms with van der Waals surface area (Å²) in [5.41, 5.74) is 10.4. The third-order valence-electron chi connectivity index (χ3n) is 7.94. The second-order valence-corrected chi connectivity index (χ2v) is 10.0. The summed E-state index contributed by atoms with van der Waals surface area (Å²) in [4.78, 5) is 4.44. The second-order valence-electron chi connectivity index (χ2n) is 10.0. The van der Waals surface area contributed by atoms with Crippen LogP contribution in [0, 0.1) is 0 Å². The molecule has 166 valence electrons. The van der Waals surface area contributed by atoms with Crippen LogP contribution in [-0.4, -0.2) is 9.55 Å². The standard InChI is InChI=1S/C32H22N2O/c1-32(2)23-16-14-19-8-3-4-9-20(19)28(23)29-24(32)17-15-22-21-10-5-6-12-26(21)34(30(22)29)27-13-7-11-25-31(27)35-18-33-25/h3-18H,1-2H3. The number of hydrogen-bond acceptors (Lipinski definition) is 2. The zero-order valence-electron chi connectivity index (χ0n) is 19.5. The molecule has 8 rings (SSSR count). The predicted octanol–water partition coefficient (Wildman–Crippen LogP) is 8.38. The highest BCUT2D eigenvalue weighted by molar-refractivity contribution is 6.18. The van der Waals surface area contributed by atoms with Gasteiger partial charge in [-0.05, 0) is 45.7 Å². The van der Waals surface area contributed by atoms with E-state index in [-0.39, 0.29) is 5.41 Å². The average molecular weight is 451 g/mol. The Hall–Kier alpha value is -4.37. The van der Waals surface area contributed by atoms with Crippen molar-refractivity contribution in [3.63, 3.8) is 0 Å². The number of rotatable bonds is 1. The summed E-state index contributed by atoms with van der Waals surface area (Å²) < 4.78 is 8.33. The topological polar surface area (TPSA) is 31.0 Å². The zero-order chi connectivity index (χ0) is 23.3. The molecule has 0 fully saturated rings. The van der Waals surface area contributed by atoms with Crippen molar-refractivity contribution in [1.29, 1.82) is 0 Å². The quantitative estimate of drug-likeness (QED) is 0.251. The van der Waals surface area contributed by atoms with Gasteiger partial charge in [-0.1, -0.05) is 86.6 Å². The van der Waals surface area contributed by atoms with E-state index in [1.165, 1.54) is 54.8 Å². The minimum atomic E-state index is -0.0948. The van der Waals surface area contributed by atoms with E-state index in [1.807, 2.05) is 6.07 Å². The summed E-state index contributed by atoms with van der Waals surface area (Å²) in [5, 5.41) is 5.08. The molecule has 0 bridgehead atoms. The van der Waals surface area contributed by atoms with Crippen LogP contribution in [0.3, 0.4) is 0 Å². The minimum absolute atomic E-state index is 0.0948. The van der Waals surface area contributed by atoms with E-state index < -0.39 is 0 Å². The molecule has 0 amide bonds. The molecule has 0 spiro atoms. The normalized spacial score (nSPS) is 14.2. The van der Waals surface area contributed by atoms with Crippen molar-refractivity contribution in [2.75, 3.05) is 0 Å². The average Bonchev–Trinajstić information content (AvgIpc) is 3.56. The van der Waals surface area contributed by atoms with E-state index in [9.17, 15) is 0 Å². The van der Waals surface area contributed by atoms with Crippen LogP contribution in [-0.2, 0) is 5.41 Å². The Kier molecular flexibility index (Phi) is 3.47. The van der Waals surface area contributed by atoms with Gasteiger partial charge in [0.2, 0.25) is 0 Å². The lowest BCUT2D eigenvalue weighted by molar-refractivity contribution is 0.600. The van der Waals surface area contributed by atoms with Crippen LogP contribution in [0.15, 0.2) is 102 Å². The van der Waals surface area contributed by atoms with Crippen LogP contribution in [0.2, 0.25) is 0 Å². The summed E-state index contributed by atoms with van der Waals surface area (Å²) >= 11 is 0. The molecule has 0 saturated heterocycles. The maximum atomic E-state index is 5.94. The van der Waals surface area contributed by atoms with Gasteiger partial charge < -0.3 is 8.98 Å². The molecule has 0 radical (unpaired) electrons. The number of fused-ring (bicyclic) bond motifs is 10. The van der Waals surface area contributed by atoms with Gasteiger partial charge in [-0.25, -0.2) is 4.98 Å². The Bertz CT molecular complexity index is 1990. The Balaban J connectivity index is 1.66. The first-order chi connectivity index (χ1) is 17.1. The molecule has 2 aromatic heterocycles. The van der Waals surface area contributed by atoms with Crippen LogP contribution < -0.4 is 0 Å². The molecule has 0 unspecified atom stereocenters. The van der Waals surface area contributed by atoms with Crippen LogP contribution in [0.1, 0.15) is 25.0 Å². The Labute approximate surface area is 202 Å². The Morgan fingerprint density at radius 3 is 2.37 bits per heavy atom. The SMILES string of the molecule is CC1(C)c2ccc3ccccc3c2-c2c1ccc1c3ccccc3n(-c3cccc4ncoc34)c21. The molecule has 0 aliphatic heterocycles. The van der Waals surface area contributed by atoms with Crippen molar-refractivity contribution in [2.45, 2.75) is 19.3 Å². The van der Waals surface area contributed by atoms with Gasteiger partial charge in [0.25, 0.3) is 0 Å². The van der Waals surface area contributed by atoms with Crippen LogP contribution >= 0.6 is 0 Å². The maximum Gasteiger partial charge on any atom is 0.182 e. The van der Waals surface area contributed by atoms with Gasteiger partial charge in [-0.3, -0.25) is 0 Å². The highest BCUT2D eigenvalue weighted by Crippen LogP contribution is 2.55. The first-order valence-electron chi connectivity index (χ1n) is 12.1. The number of benzene rings is 5. The fraction of sp³-hybridized carbons (Fsp3) is 0.0938. The molecule has 35 heavy (non-hydrogen) atoms. The third-order valence-corrected chi connectivity index (χ3v) is 7.94. The summed E-state index contributed by atoms with van der Waals surface area (Å²) in [6, 6.07) is 32.9. The molecule has 0 saturated carbocycles. The van der Waals surface area contributed by atoms with Crippen molar-refractivity contribution < 1.29 is 4.42 Å². The summed E-state index contributed by atoms with van der Waals surface area (Å²) in [7, 11) is 0. The number of hydrogen-bond donors (Lipinski definition) is 0. The lowest BCUT2D eigenvalue weighted by atomic mass is 9.82. The molecule has 2 heterocycles. The van der Waals surface area contributed by atoms with Gasteiger partial charge in [0.1, 0.15) is 5.52 Å². The number of oxazole rings is 1. The van der Waals surface area contributed by atoms with Gasteiger partial charge in [0.15, 0.2) is 12.0 Å². The van der Waals surface area contributed by atoms with E-state index in [1.54, 1.807) is 6.39 Å². The smallest absolute Gasteiger partial charge is 0.182 e.